The van der Waals surface area contributed by atoms with Crippen molar-refractivity contribution in [2.45, 2.75) is 47.6 Å². The SMILES string of the molecule is Cc1ccc(-n2c(C)cc(/C=N\NC(=O)C(=O)NC(C)C)c2C)c(C)c1. The smallest absolute Gasteiger partial charge is 0.329 e. The first-order valence-electron chi connectivity index (χ1n) is 8.61. The molecule has 0 atom stereocenters. The van der Waals surface area contributed by atoms with E-state index in [1.54, 1.807) is 20.1 Å². The number of nitrogens with one attached hydrogen (secondary N) is 2. The van der Waals surface area contributed by atoms with Crippen molar-refractivity contribution in [3.05, 3.63) is 52.3 Å². The van der Waals surface area contributed by atoms with Gasteiger partial charge in [-0.05, 0) is 59.2 Å². The molecule has 1 heterocycles. The molecule has 2 N–H and O–H groups in total. The zero-order valence-corrected chi connectivity index (χ0v) is 16.2. The molecule has 0 aliphatic carbocycles. The van der Waals surface area contributed by atoms with Gasteiger partial charge in [-0.3, -0.25) is 9.59 Å². The Morgan fingerprint density at radius 3 is 2.38 bits per heavy atom. The number of rotatable bonds is 4. The molecule has 26 heavy (non-hydrogen) atoms. The van der Waals surface area contributed by atoms with Gasteiger partial charge < -0.3 is 9.88 Å². The van der Waals surface area contributed by atoms with Crippen LogP contribution in [0.3, 0.4) is 0 Å². The Morgan fingerprint density at radius 2 is 1.77 bits per heavy atom. The molecule has 2 rings (SSSR count). The highest BCUT2D eigenvalue weighted by atomic mass is 16.2. The quantitative estimate of drug-likeness (QED) is 0.503. The number of amides is 2. The largest absolute Gasteiger partial charge is 0.346 e. The van der Waals surface area contributed by atoms with Crippen molar-refractivity contribution in [1.82, 2.24) is 15.3 Å². The first-order chi connectivity index (χ1) is 12.2. The predicted molar refractivity (Wildman–Crippen MR) is 104 cm³/mol. The van der Waals surface area contributed by atoms with Crippen LogP contribution < -0.4 is 10.7 Å². The number of hydrazone groups is 1. The Labute approximate surface area is 154 Å². The molecular weight excluding hydrogens is 328 g/mol. The number of carbonyl (C=O) groups is 2. The summed E-state index contributed by atoms with van der Waals surface area (Å²) in [5.41, 5.74) is 8.75. The van der Waals surface area contributed by atoms with Gasteiger partial charge in [0.2, 0.25) is 0 Å². The van der Waals surface area contributed by atoms with Crippen LogP contribution in [0.25, 0.3) is 5.69 Å². The van der Waals surface area contributed by atoms with Crippen molar-refractivity contribution in [3.8, 4) is 5.69 Å². The summed E-state index contributed by atoms with van der Waals surface area (Å²) in [6.07, 6.45) is 1.56. The van der Waals surface area contributed by atoms with Gasteiger partial charge in [0.25, 0.3) is 0 Å². The summed E-state index contributed by atoms with van der Waals surface area (Å²) in [6, 6.07) is 8.23. The fraction of sp³-hybridized carbons (Fsp3) is 0.350. The molecule has 2 amide bonds. The van der Waals surface area contributed by atoms with Crippen LogP contribution in [-0.2, 0) is 9.59 Å². The second-order valence-electron chi connectivity index (χ2n) is 6.78. The van der Waals surface area contributed by atoms with Gasteiger partial charge in [0.05, 0.1) is 6.21 Å². The van der Waals surface area contributed by atoms with Gasteiger partial charge >= 0.3 is 11.8 Å². The predicted octanol–water partition coefficient (Wildman–Crippen LogP) is 2.69. The summed E-state index contributed by atoms with van der Waals surface area (Å²) in [6.45, 7) is 11.8. The summed E-state index contributed by atoms with van der Waals surface area (Å²) in [5.74, 6) is -1.48. The Bertz CT molecular complexity index is 863. The molecule has 0 saturated carbocycles. The molecule has 0 fully saturated rings. The zero-order valence-electron chi connectivity index (χ0n) is 16.2. The Morgan fingerprint density at radius 1 is 1.08 bits per heavy atom. The number of hydrogen-bond donors (Lipinski definition) is 2. The van der Waals surface area contributed by atoms with Gasteiger partial charge in [-0.2, -0.15) is 5.10 Å². The number of aromatic nitrogens is 1. The minimum absolute atomic E-state index is 0.103. The molecule has 0 radical (unpaired) electrons. The van der Waals surface area contributed by atoms with Crippen molar-refractivity contribution in [2.75, 3.05) is 0 Å². The van der Waals surface area contributed by atoms with E-state index in [9.17, 15) is 9.59 Å². The Hall–Kier alpha value is -2.89. The third-order valence-corrected chi connectivity index (χ3v) is 4.06. The second kappa shape index (κ2) is 7.99. The van der Waals surface area contributed by atoms with Crippen molar-refractivity contribution in [1.29, 1.82) is 0 Å². The molecular formula is C20H26N4O2. The van der Waals surface area contributed by atoms with Crippen LogP contribution in [-0.4, -0.2) is 28.6 Å². The zero-order chi connectivity index (χ0) is 19.4. The highest BCUT2D eigenvalue weighted by molar-refractivity contribution is 6.35. The molecule has 0 aliphatic rings. The molecule has 0 bridgehead atoms. The van der Waals surface area contributed by atoms with Gasteiger partial charge in [0.1, 0.15) is 0 Å². The van der Waals surface area contributed by atoms with E-state index in [0.717, 1.165) is 22.6 Å². The number of benzene rings is 1. The van der Waals surface area contributed by atoms with E-state index < -0.39 is 11.8 Å². The van der Waals surface area contributed by atoms with Gasteiger partial charge in [0.15, 0.2) is 0 Å². The average Bonchev–Trinajstić information content (AvgIpc) is 2.81. The average molecular weight is 354 g/mol. The Kier molecular flexibility index (Phi) is 5.97. The lowest BCUT2D eigenvalue weighted by atomic mass is 10.1. The minimum atomic E-state index is -0.780. The van der Waals surface area contributed by atoms with E-state index in [2.05, 4.69) is 52.5 Å². The van der Waals surface area contributed by atoms with Gasteiger partial charge in [-0.15, -0.1) is 0 Å². The molecule has 138 valence electrons. The van der Waals surface area contributed by atoms with Crippen molar-refractivity contribution in [3.63, 3.8) is 0 Å². The molecule has 0 saturated heterocycles. The maximum absolute atomic E-state index is 11.7. The monoisotopic (exact) mass is 354 g/mol. The molecule has 1 aromatic heterocycles. The van der Waals surface area contributed by atoms with E-state index in [4.69, 9.17) is 0 Å². The van der Waals surface area contributed by atoms with Crippen LogP contribution >= 0.6 is 0 Å². The Balaban J connectivity index is 2.20. The van der Waals surface area contributed by atoms with Crippen molar-refractivity contribution >= 4 is 18.0 Å². The van der Waals surface area contributed by atoms with Crippen molar-refractivity contribution < 1.29 is 9.59 Å². The molecule has 6 heteroatoms. The lowest BCUT2D eigenvalue weighted by molar-refractivity contribution is -0.139. The van der Waals surface area contributed by atoms with Crippen LogP contribution in [0.2, 0.25) is 0 Å². The normalized spacial score (nSPS) is 11.2. The maximum Gasteiger partial charge on any atom is 0.329 e. The molecule has 0 aliphatic heterocycles. The summed E-state index contributed by atoms with van der Waals surface area (Å²) in [5, 5.41) is 6.44. The highest BCUT2D eigenvalue weighted by Gasteiger charge is 2.14. The minimum Gasteiger partial charge on any atom is -0.346 e. The first-order valence-corrected chi connectivity index (χ1v) is 8.61. The summed E-state index contributed by atoms with van der Waals surface area (Å²) >= 11 is 0. The molecule has 1 aromatic carbocycles. The van der Waals surface area contributed by atoms with Gasteiger partial charge in [0, 0.05) is 28.7 Å². The van der Waals surface area contributed by atoms with Crippen LogP contribution in [0.15, 0.2) is 29.4 Å². The number of carbonyl (C=O) groups excluding carboxylic acids is 2. The van der Waals surface area contributed by atoms with Crippen LogP contribution in [0, 0.1) is 27.7 Å². The first kappa shape index (κ1) is 19.4. The molecule has 2 aromatic rings. The second-order valence-corrected chi connectivity index (χ2v) is 6.78. The third-order valence-electron chi connectivity index (χ3n) is 4.06. The van der Waals surface area contributed by atoms with Gasteiger partial charge in [-0.25, -0.2) is 5.43 Å². The van der Waals surface area contributed by atoms with Crippen LogP contribution in [0.4, 0.5) is 0 Å². The topological polar surface area (TPSA) is 75.5 Å². The summed E-state index contributed by atoms with van der Waals surface area (Å²) in [7, 11) is 0. The number of hydrogen-bond acceptors (Lipinski definition) is 3. The summed E-state index contributed by atoms with van der Waals surface area (Å²) in [4.78, 5) is 23.3. The van der Waals surface area contributed by atoms with Crippen molar-refractivity contribution in [2.24, 2.45) is 5.10 Å². The number of aryl methyl sites for hydroxylation is 3. The lowest BCUT2D eigenvalue weighted by Crippen LogP contribution is -2.41. The fourth-order valence-corrected chi connectivity index (χ4v) is 2.88. The molecule has 0 unspecified atom stereocenters. The van der Waals surface area contributed by atoms with E-state index >= 15 is 0 Å². The molecule has 0 spiro atoms. The van der Waals surface area contributed by atoms with Crippen LogP contribution in [0.5, 0.6) is 0 Å². The van der Waals surface area contributed by atoms with Gasteiger partial charge in [-0.1, -0.05) is 17.7 Å². The third kappa shape index (κ3) is 4.39. The van der Waals surface area contributed by atoms with E-state index in [1.807, 2.05) is 19.9 Å². The summed E-state index contributed by atoms with van der Waals surface area (Å²) < 4.78 is 2.16. The maximum atomic E-state index is 11.7. The lowest BCUT2D eigenvalue weighted by Gasteiger charge is -2.13. The van der Waals surface area contributed by atoms with E-state index in [1.165, 1.54) is 11.1 Å². The van der Waals surface area contributed by atoms with E-state index in [-0.39, 0.29) is 6.04 Å². The van der Waals surface area contributed by atoms with E-state index in [0.29, 0.717) is 0 Å². The molecule has 6 nitrogen and oxygen atoms in total. The highest BCUT2D eigenvalue weighted by Crippen LogP contribution is 2.23. The fourth-order valence-electron chi connectivity index (χ4n) is 2.88. The number of nitrogens with zero attached hydrogens (tertiary/aromatic N) is 2. The van der Waals surface area contributed by atoms with Crippen LogP contribution in [0.1, 0.15) is 41.9 Å². The standard InChI is InChI=1S/C20H26N4O2/c1-12(2)22-19(25)20(26)23-21-11-17-10-15(5)24(16(17)6)18-8-7-13(3)9-14(18)4/h7-12H,1-6H3,(H,22,25)(H,23,26)/b21-11-.